The van der Waals surface area contributed by atoms with E-state index in [0.29, 0.717) is 0 Å². The van der Waals surface area contributed by atoms with Crippen molar-refractivity contribution in [3.8, 4) is 5.88 Å². The Morgan fingerprint density at radius 2 is 2.17 bits per heavy atom. The van der Waals surface area contributed by atoms with Crippen molar-refractivity contribution >= 4 is 17.5 Å². The van der Waals surface area contributed by atoms with Crippen LogP contribution in [-0.2, 0) is 9.53 Å². The van der Waals surface area contributed by atoms with Crippen LogP contribution in [0.4, 0.5) is 11.5 Å². The van der Waals surface area contributed by atoms with Gasteiger partial charge in [-0.3, -0.25) is 10.1 Å². The topological polar surface area (TPSA) is 104 Å². The Morgan fingerprint density at radius 1 is 1.50 bits per heavy atom. The van der Waals surface area contributed by atoms with Crippen LogP contribution in [0.1, 0.15) is 6.92 Å². The normalized spacial score (nSPS) is 11.5. The molecule has 0 spiro atoms. The van der Waals surface area contributed by atoms with E-state index in [1.165, 1.54) is 33.3 Å². The Bertz CT molecular complexity index is 463. The highest BCUT2D eigenvalue weighted by atomic mass is 16.6. The van der Waals surface area contributed by atoms with Gasteiger partial charge in [-0.25, -0.2) is 4.79 Å². The number of methoxy groups -OCH3 is 2. The molecule has 0 bridgehead atoms. The van der Waals surface area contributed by atoms with Crippen LogP contribution in [-0.4, -0.2) is 36.1 Å². The Morgan fingerprint density at radius 3 is 2.67 bits per heavy atom. The Labute approximate surface area is 103 Å². The van der Waals surface area contributed by atoms with Crippen molar-refractivity contribution in [1.82, 2.24) is 4.98 Å². The van der Waals surface area contributed by atoms with Crippen molar-refractivity contribution in [2.45, 2.75) is 13.0 Å². The van der Waals surface area contributed by atoms with Crippen molar-refractivity contribution in [3.05, 3.63) is 22.2 Å². The fourth-order valence-corrected chi connectivity index (χ4v) is 1.24. The largest absolute Gasteiger partial charge is 0.481 e. The van der Waals surface area contributed by atoms with E-state index >= 15 is 0 Å². The molecular formula is C10H13N3O5. The van der Waals surface area contributed by atoms with E-state index in [1.807, 2.05) is 0 Å². The zero-order valence-corrected chi connectivity index (χ0v) is 10.2. The fourth-order valence-electron chi connectivity index (χ4n) is 1.24. The minimum absolute atomic E-state index is 0.0442. The number of nitrogens with zero attached hydrogens (tertiary/aromatic N) is 2. The summed E-state index contributed by atoms with van der Waals surface area (Å²) in [7, 11) is 2.62. The van der Waals surface area contributed by atoms with E-state index in [1.54, 1.807) is 0 Å². The van der Waals surface area contributed by atoms with Gasteiger partial charge < -0.3 is 14.8 Å². The first-order valence-corrected chi connectivity index (χ1v) is 5.03. The molecule has 98 valence electrons. The number of anilines is 1. The summed E-state index contributed by atoms with van der Waals surface area (Å²) in [6, 6.07) is 1.86. The maximum atomic E-state index is 11.2. The molecule has 0 fully saturated rings. The summed E-state index contributed by atoms with van der Waals surface area (Å²) in [5.41, 5.74) is -0.244. The van der Waals surface area contributed by atoms with Crippen LogP contribution < -0.4 is 10.1 Å². The van der Waals surface area contributed by atoms with Gasteiger partial charge >= 0.3 is 11.7 Å². The third-order valence-corrected chi connectivity index (χ3v) is 2.16. The number of nitrogens with one attached hydrogen (secondary N) is 1. The van der Waals surface area contributed by atoms with Crippen LogP contribution in [0.25, 0.3) is 0 Å². The molecule has 0 aromatic carbocycles. The number of hydrogen-bond donors (Lipinski definition) is 1. The summed E-state index contributed by atoms with van der Waals surface area (Å²) in [4.78, 5) is 25.3. The summed E-state index contributed by atoms with van der Waals surface area (Å²) >= 11 is 0. The van der Waals surface area contributed by atoms with E-state index in [9.17, 15) is 14.9 Å². The molecule has 18 heavy (non-hydrogen) atoms. The smallest absolute Gasteiger partial charge is 0.328 e. The quantitative estimate of drug-likeness (QED) is 0.475. The van der Waals surface area contributed by atoms with Crippen molar-refractivity contribution < 1.29 is 19.2 Å². The number of nitro groups is 1. The van der Waals surface area contributed by atoms with Gasteiger partial charge in [0.05, 0.1) is 19.1 Å². The van der Waals surface area contributed by atoms with Crippen LogP contribution in [0.3, 0.4) is 0 Å². The number of carbonyl (C=O) groups is 1. The Kier molecular flexibility index (Phi) is 4.41. The van der Waals surface area contributed by atoms with Gasteiger partial charge in [-0.15, -0.1) is 0 Å². The Balaban J connectivity index is 3.04. The monoisotopic (exact) mass is 255 g/mol. The molecule has 1 atom stereocenters. The molecule has 1 rings (SSSR count). The summed E-state index contributed by atoms with van der Waals surface area (Å²) in [6.07, 6.45) is 0. The standard InChI is InChI=1S/C10H13N3O5/c1-6(10(14)18-3)11-9-7(13(15)16)4-5-8(12-9)17-2/h4-6H,1-3H3,(H,11,12). The average molecular weight is 255 g/mol. The first kappa shape index (κ1) is 13.7. The maximum absolute atomic E-state index is 11.2. The molecule has 0 aliphatic rings. The average Bonchev–Trinajstić information content (AvgIpc) is 2.37. The van der Waals surface area contributed by atoms with Crippen molar-refractivity contribution in [1.29, 1.82) is 0 Å². The lowest BCUT2D eigenvalue weighted by atomic mass is 10.3. The lowest BCUT2D eigenvalue weighted by Gasteiger charge is -2.12. The van der Waals surface area contributed by atoms with Crippen molar-refractivity contribution in [2.75, 3.05) is 19.5 Å². The molecule has 1 aromatic heterocycles. The molecule has 0 saturated carbocycles. The molecule has 0 amide bonds. The predicted octanol–water partition coefficient (Wildman–Crippen LogP) is 0.972. The molecule has 8 nitrogen and oxygen atoms in total. The molecule has 0 radical (unpaired) electrons. The first-order chi connectivity index (χ1) is 8.49. The molecule has 1 N–H and O–H groups in total. The van der Waals surface area contributed by atoms with Crippen LogP contribution in [0, 0.1) is 10.1 Å². The van der Waals surface area contributed by atoms with Gasteiger partial charge in [-0.2, -0.15) is 4.98 Å². The van der Waals surface area contributed by atoms with Gasteiger partial charge in [0, 0.05) is 12.1 Å². The zero-order valence-electron chi connectivity index (χ0n) is 10.2. The molecule has 8 heteroatoms. The summed E-state index contributed by atoms with van der Waals surface area (Å²) in [5, 5.41) is 13.4. The van der Waals surface area contributed by atoms with Crippen LogP contribution in [0.5, 0.6) is 5.88 Å². The molecule has 1 unspecified atom stereocenters. The number of rotatable bonds is 5. The number of aromatic nitrogens is 1. The summed E-state index contributed by atoms with van der Waals surface area (Å²) in [6.45, 7) is 1.51. The maximum Gasteiger partial charge on any atom is 0.328 e. The van der Waals surface area contributed by atoms with Crippen LogP contribution in [0.2, 0.25) is 0 Å². The van der Waals surface area contributed by atoms with Gasteiger partial charge in [-0.05, 0) is 6.92 Å². The van der Waals surface area contributed by atoms with E-state index < -0.39 is 16.9 Å². The predicted molar refractivity (Wildman–Crippen MR) is 62.5 cm³/mol. The lowest BCUT2D eigenvalue weighted by molar-refractivity contribution is -0.384. The highest BCUT2D eigenvalue weighted by molar-refractivity contribution is 5.79. The molecular weight excluding hydrogens is 242 g/mol. The summed E-state index contributed by atoms with van der Waals surface area (Å²) < 4.78 is 9.38. The summed E-state index contributed by atoms with van der Waals surface area (Å²) in [5.74, 6) is -0.383. The van der Waals surface area contributed by atoms with Gasteiger partial charge in [-0.1, -0.05) is 0 Å². The highest BCUT2D eigenvalue weighted by Gasteiger charge is 2.21. The number of ether oxygens (including phenoxy) is 2. The second-order valence-corrected chi connectivity index (χ2v) is 3.37. The van der Waals surface area contributed by atoms with E-state index in [2.05, 4.69) is 15.0 Å². The van der Waals surface area contributed by atoms with Crippen molar-refractivity contribution in [2.24, 2.45) is 0 Å². The number of carbonyl (C=O) groups excluding carboxylic acids is 1. The lowest BCUT2D eigenvalue weighted by Crippen LogP contribution is -2.28. The Hall–Kier alpha value is -2.38. The van der Waals surface area contributed by atoms with Gasteiger partial charge in [0.1, 0.15) is 6.04 Å². The molecule has 0 aliphatic carbocycles. The zero-order chi connectivity index (χ0) is 13.7. The second-order valence-electron chi connectivity index (χ2n) is 3.37. The third-order valence-electron chi connectivity index (χ3n) is 2.16. The molecule has 1 aromatic rings. The van der Waals surface area contributed by atoms with Crippen LogP contribution >= 0.6 is 0 Å². The van der Waals surface area contributed by atoms with E-state index in [-0.39, 0.29) is 17.4 Å². The van der Waals surface area contributed by atoms with E-state index in [0.717, 1.165) is 0 Å². The SMILES string of the molecule is COC(=O)C(C)Nc1nc(OC)ccc1[N+](=O)[O-]. The molecule has 0 aliphatic heterocycles. The van der Waals surface area contributed by atoms with Gasteiger partial charge in [0.15, 0.2) is 0 Å². The third kappa shape index (κ3) is 3.06. The minimum atomic E-state index is -0.756. The number of pyridine rings is 1. The second kappa shape index (κ2) is 5.80. The van der Waals surface area contributed by atoms with E-state index in [4.69, 9.17) is 4.74 Å². The fraction of sp³-hybridized carbons (Fsp3) is 0.400. The van der Waals surface area contributed by atoms with Crippen molar-refractivity contribution in [3.63, 3.8) is 0 Å². The van der Waals surface area contributed by atoms with Gasteiger partial charge in [0.2, 0.25) is 11.7 Å². The molecule has 1 heterocycles. The number of esters is 1. The van der Waals surface area contributed by atoms with Crippen LogP contribution in [0.15, 0.2) is 12.1 Å². The van der Waals surface area contributed by atoms with Gasteiger partial charge in [0.25, 0.3) is 0 Å². The minimum Gasteiger partial charge on any atom is -0.481 e. The molecule has 0 saturated heterocycles. The highest BCUT2D eigenvalue weighted by Crippen LogP contribution is 2.25. The number of hydrogen-bond acceptors (Lipinski definition) is 7. The first-order valence-electron chi connectivity index (χ1n) is 5.03.